The Kier molecular flexibility index (Phi) is 5.21. The zero-order chi connectivity index (χ0) is 19.9. The minimum atomic E-state index is -0.586. The second kappa shape index (κ2) is 7.15. The molecule has 1 aromatic carbocycles. The van der Waals surface area contributed by atoms with Crippen LogP contribution in [-0.2, 0) is 19.1 Å². The van der Waals surface area contributed by atoms with E-state index in [4.69, 9.17) is 15.2 Å². The van der Waals surface area contributed by atoms with Crippen molar-refractivity contribution in [3.05, 3.63) is 57.1 Å². The number of Topliss-reactive ketones (excluding diaryl/α,β-unsaturated/α-hetero) is 1. The van der Waals surface area contributed by atoms with Crippen molar-refractivity contribution in [2.24, 2.45) is 11.1 Å². The first kappa shape index (κ1) is 19.7. The summed E-state index contributed by atoms with van der Waals surface area (Å²) in [7, 11) is 0. The molecule has 0 aromatic heterocycles. The minimum absolute atomic E-state index is 0.0119. The molecule has 0 fully saturated rings. The molecule has 2 N–H and O–H groups in total. The van der Waals surface area contributed by atoms with Crippen molar-refractivity contribution in [1.82, 2.24) is 0 Å². The van der Waals surface area contributed by atoms with Gasteiger partial charge in [-0.25, -0.2) is 4.79 Å². The summed E-state index contributed by atoms with van der Waals surface area (Å²) in [5.41, 5.74) is 7.46. The van der Waals surface area contributed by atoms with Crippen LogP contribution in [-0.4, -0.2) is 17.9 Å². The second-order valence-electron chi connectivity index (χ2n) is 8.10. The van der Waals surface area contributed by atoms with E-state index in [9.17, 15) is 9.59 Å². The van der Waals surface area contributed by atoms with Gasteiger partial charge in [0.2, 0.25) is 5.88 Å². The third-order valence-electron chi connectivity index (χ3n) is 4.72. The van der Waals surface area contributed by atoms with Crippen LogP contribution in [0.4, 0.5) is 0 Å². The maximum atomic E-state index is 13.0. The van der Waals surface area contributed by atoms with Crippen LogP contribution in [0.3, 0.4) is 0 Å². The first-order chi connectivity index (χ1) is 12.6. The highest BCUT2D eigenvalue weighted by Gasteiger charge is 2.45. The van der Waals surface area contributed by atoms with Gasteiger partial charge in [0.25, 0.3) is 0 Å². The molecule has 1 aromatic rings. The topological polar surface area (TPSA) is 78.6 Å². The number of hydrogen-bond acceptors (Lipinski definition) is 5. The monoisotopic (exact) mass is 433 g/mol. The lowest BCUT2D eigenvalue weighted by Crippen LogP contribution is -2.36. The number of allylic oxidation sites excluding steroid dienone is 2. The van der Waals surface area contributed by atoms with E-state index in [1.54, 1.807) is 13.8 Å². The van der Waals surface area contributed by atoms with Crippen LogP contribution in [0.5, 0.6) is 0 Å². The standard InChI is InChI=1S/C21H24BrNO4/c1-11(2)26-20(25)18-16(12-5-7-13(22)8-6-12)17-14(24)9-21(3,4)10-15(17)27-19(18)23/h5-8,11,16H,9-10,23H2,1-4H3/t16-/m0/s1. The van der Waals surface area contributed by atoms with E-state index < -0.39 is 11.9 Å². The number of rotatable bonds is 3. The number of esters is 1. The quantitative estimate of drug-likeness (QED) is 0.717. The Morgan fingerprint density at radius 1 is 1.26 bits per heavy atom. The number of benzene rings is 1. The van der Waals surface area contributed by atoms with Crippen LogP contribution < -0.4 is 5.73 Å². The molecule has 3 rings (SSSR count). The summed E-state index contributed by atoms with van der Waals surface area (Å²) in [6.45, 7) is 7.59. The summed E-state index contributed by atoms with van der Waals surface area (Å²) in [4.78, 5) is 25.8. The van der Waals surface area contributed by atoms with Gasteiger partial charge in [-0.15, -0.1) is 0 Å². The molecule has 144 valence electrons. The van der Waals surface area contributed by atoms with E-state index in [2.05, 4.69) is 15.9 Å². The number of hydrogen-bond donors (Lipinski definition) is 1. The molecule has 6 heteroatoms. The zero-order valence-electron chi connectivity index (χ0n) is 16.0. The largest absolute Gasteiger partial charge is 0.459 e. The van der Waals surface area contributed by atoms with Gasteiger partial charge in [0.15, 0.2) is 5.78 Å². The fourth-order valence-corrected chi connectivity index (χ4v) is 3.91. The molecule has 0 spiro atoms. The van der Waals surface area contributed by atoms with E-state index in [-0.39, 0.29) is 28.8 Å². The average molecular weight is 434 g/mol. The second-order valence-corrected chi connectivity index (χ2v) is 9.01. The normalized spacial score (nSPS) is 21.9. The van der Waals surface area contributed by atoms with Crippen LogP contribution in [0.1, 0.15) is 52.0 Å². The molecule has 1 aliphatic heterocycles. The van der Waals surface area contributed by atoms with E-state index >= 15 is 0 Å². The first-order valence-electron chi connectivity index (χ1n) is 8.99. The number of ketones is 1. The maximum absolute atomic E-state index is 13.0. The van der Waals surface area contributed by atoms with E-state index in [1.165, 1.54) is 0 Å². The van der Waals surface area contributed by atoms with Crippen molar-refractivity contribution in [1.29, 1.82) is 0 Å². The Morgan fingerprint density at radius 2 is 1.89 bits per heavy atom. The molecular formula is C21H24BrNO4. The Morgan fingerprint density at radius 3 is 2.48 bits per heavy atom. The number of carbonyl (C=O) groups excluding carboxylic acids is 2. The van der Waals surface area contributed by atoms with Crippen LogP contribution in [0.15, 0.2) is 51.5 Å². The molecule has 0 unspecified atom stereocenters. The molecule has 0 saturated carbocycles. The summed E-state index contributed by atoms with van der Waals surface area (Å²) in [6, 6.07) is 7.52. The molecule has 2 aliphatic rings. The molecule has 1 atom stereocenters. The highest BCUT2D eigenvalue weighted by molar-refractivity contribution is 9.10. The van der Waals surface area contributed by atoms with Gasteiger partial charge in [0.1, 0.15) is 11.3 Å². The highest BCUT2D eigenvalue weighted by atomic mass is 79.9. The Balaban J connectivity index is 2.15. The Bertz CT molecular complexity index is 849. The number of halogens is 1. The molecule has 0 saturated heterocycles. The van der Waals surface area contributed by atoms with Crippen LogP contribution in [0.2, 0.25) is 0 Å². The van der Waals surface area contributed by atoms with E-state index in [0.717, 1.165) is 10.0 Å². The van der Waals surface area contributed by atoms with Crippen molar-refractivity contribution < 1.29 is 19.1 Å². The SMILES string of the molecule is CC(C)OC(=O)C1=C(N)OC2=C(C(=O)CC(C)(C)C2)[C@@H]1c1ccc(Br)cc1. The van der Waals surface area contributed by atoms with Crippen LogP contribution in [0.25, 0.3) is 0 Å². The molecule has 1 heterocycles. The number of nitrogens with two attached hydrogens (primary N) is 1. The summed E-state index contributed by atoms with van der Waals surface area (Å²) in [5.74, 6) is -0.589. The fourth-order valence-electron chi connectivity index (χ4n) is 3.65. The summed E-state index contributed by atoms with van der Waals surface area (Å²) in [5, 5.41) is 0. The predicted molar refractivity (Wildman–Crippen MR) is 105 cm³/mol. The van der Waals surface area contributed by atoms with Crippen molar-refractivity contribution in [3.8, 4) is 0 Å². The summed E-state index contributed by atoms with van der Waals surface area (Å²) >= 11 is 3.42. The summed E-state index contributed by atoms with van der Waals surface area (Å²) in [6.07, 6.45) is 0.683. The Labute approximate surface area is 167 Å². The molecule has 0 bridgehead atoms. The smallest absolute Gasteiger partial charge is 0.340 e. The zero-order valence-corrected chi connectivity index (χ0v) is 17.6. The van der Waals surface area contributed by atoms with Gasteiger partial charge in [-0.2, -0.15) is 0 Å². The summed E-state index contributed by atoms with van der Waals surface area (Å²) < 4.78 is 12.1. The van der Waals surface area contributed by atoms with Gasteiger partial charge in [0, 0.05) is 22.9 Å². The molecule has 1 aliphatic carbocycles. The maximum Gasteiger partial charge on any atom is 0.340 e. The van der Waals surface area contributed by atoms with E-state index in [1.807, 2.05) is 38.1 Å². The molecular weight excluding hydrogens is 410 g/mol. The Hall–Kier alpha value is -2.08. The third-order valence-corrected chi connectivity index (χ3v) is 5.25. The lowest BCUT2D eigenvalue weighted by atomic mass is 9.70. The third kappa shape index (κ3) is 3.95. The van der Waals surface area contributed by atoms with Gasteiger partial charge in [-0.05, 0) is 37.0 Å². The van der Waals surface area contributed by atoms with Gasteiger partial charge in [-0.1, -0.05) is 41.9 Å². The molecule has 27 heavy (non-hydrogen) atoms. The molecule has 0 radical (unpaired) electrons. The first-order valence-corrected chi connectivity index (χ1v) is 9.78. The van der Waals surface area contributed by atoms with Crippen molar-refractivity contribution in [3.63, 3.8) is 0 Å². The molecule has 5 nitrogen and oxygen atoms in total. The average Bonchev–Trinajstić information content (AvgIpc) is 2.52. The van der Waals surface area contributed by atoms with Crippen LogP contribution in [0, 0.1) is 5.41 Å². The minimum Gasteiger partial charge on any atom is -0.459 e. The van der Waals surface area contributed by atoms with Gasteiger partial charge < -0.3 is 15.2 Å². The fraction of sp³-hybridized carbons (Fsp3) is 0.429. The lowest BCUT2D eigenvalue weighted by Gasteiger charge is -2.38. The van der Waals surface area contributed by atoms with Crippen LogP contribution >= 0.6 is 15.9 Å². The van der Waals surface area contributed by atoms with Crippen molar-refractivity contribution in [2.75, 3.05) is 0 Å². The van der Waals surface area contributed by atoms with E-state index in [0.29, 0.717) is 24.2 Å². The van der Waals surface area contributed by atoms with Gasteiger partial charge in [0.05, 0.1) is 12.0 Å². The van der Waals surface area contributed by atoms with Gasteiger partial charge in [-0.3, -0.25) is 4.79 Å². The highest BCUT2D eigenvalue weighted by Crippen LogP contribution is 2.48. The van der Waals surface area contributed by atoms with Crippen molar-refractivity contribution in [2.45, 2.75) is 52.6 Å². The lowest BCUT2D eigenvalue weighted by molar-refractivity contribution is -0.143. The number of ether oxygens (including phenoxy) is 2. The van der Waals surface area contributed by atoms with Gasteiger partial charge >= 0.3 is 5.97 Å². The molecule has 0 amide bonds. The number of carbonyl (C=O) groups is 2. The predicted octanol–water partition coefficient (Wildman–Crippen LogP) is 4.33. The van der Waals surface area contributed by atoms with Crippen molar-refractivity contribution >= 4 is 27.7 Å².